The summed E-state index contributed by atoms with van der Waals surface area (Å²) in [6, 6.07) is 7.40. The van der Waals surface area contributed by atoms with Crippen molar-refractivity contribution < 1.29 is 23.4 Å². The number of halogens is 2. The molecule has 6 rings (SSSR count). The molecule has 0 spiro atoms. The third-order valence-electron chi connectivity index (χ3n) is 8.09. The highest BCUT2D eigenvalue weighted by Gasteiger charge is 2.34. The molecule has 2 aliphatic heterocycles. The molecule has 0 aliphatic carbocycles. The predicted molar refractivity (Wildman–Crippen MR) is 154 cm³/mol. The molecule has 220 valence electrons. The fourth-order valence-electron chi connectivity index (χ4n) is 5.67. The summed E-state index contributed by atoms with van der Waals surface area (Å²) in [6.45, 7) is 3.70. The summed E-state index contributed by atoms with van der Waals surface area (Å²) in [5, 5.41) is 13.5. The Morgan fingerprint density at radius 3 is 2.76 bits per heavy atom. The van der Waals surface area contributed by atoms with Crippen molar-refractivity contribution >= 4 is 22.6 Å². The maximum absolute atomic E-state index is 13.8. The number of hydrogen-bond acceptors (Lipinski definition) is 7. The normalized spacial score (nSPS) is 16.7. The molecule has 2 aromatic carbocycles. The number of imidazole rings is 1. The number of ether oxygens (including phenoxy) is 1. The van der Waals surface area contributed by atoms with Gasteiger partial charge in [0, 0.05) is 48.6 Å². The van der Waals surface area contributed by atoms with Gasteiger partial charge in [0.25, 0.3) is 11.5 Å². The molecule has 10 nitrogen and oxygen atoms in total. The van der Waals surface area contributed by atoms with E-state index in [2.05, 4.69) is 32.2 Å². The first-order valence-electron chi connectivity index (χ1n) is 13.9. The zero-order chi connectivity index (χ0) is 29.5. The van der Waals surface area contributed by atoms with E-state index < -0.39 is 23.3 Å². The Hall–Kier alpha value is -4.29. The van der Waals surface area contributed by atoms with Crippen molar-refractivity contribution in [1.29, 1.82) is 0 Å². The van der Waals surface area contributed by atoms with E-state index in [4.69, 9.17) is 4.74 Å². The Morgan fingerprint density at radius 1 is 1.19 bits per heavy atom. The van der Waals surface area contributed by atoms with Crippen molar-refractivity contribution in [3.8, 4) is 17.1 Å². The van der Waals surface area contributed by atoms with Crippen LogP contribution in [-0.4, -0.2) is 81.2 Å². The molecular weight excluding hydrogens is 546 g/mol. The Labute approximate surface area is 240 Å². The lowest BCUT2D eigenvalue weighted by molar-refractivity contribution is 0.0617. The van der Waals surface area contributed by atoms with E-state index in [-0.39, 0.29) is 42.0 Å². The number of anilines is 1. The largest absolute Gasteiger partial charge is 0.490 e. The fraction of sp³-hybridized carbons (Fsp3) is 0.367. The SMILES string of the molecule is Cc1c(F)cc(F)cc1OC[C@H](O)CNc1cc[nH]c(=O)c1-c1nc2cc3c(cc2[nH]1)CN(C1CCN(C)CC1)C3=O. The molecule has 4 N–H and O–H groups in total. The highest BCUT2D eigenvalue weighted by molar-refractivity contribution is 6.02. The van der Waals surface area contributed by atoms with Gasteiger partial charge in [-0.15, -0.1) is 0 Å². The van der Waals surface area contributed by atoms with Gasteiger partial charge in [-0.25, -0.2) is 13.8 Å². The Morgan fingerprint density at radius 2 is 1.98 bits per heavy atom. The van der Waals surface area contributed by atoms with Crippen molar-refractivity contribution in [3.05, 3.63) is 75.2 Å². The van der Waals surface area contributed by atoms with Gasteiger partial charge in [0.15, 0.2) is 0 Å². The molecule has 0 unspecified atom stereocenters. The van der Waals surface area contributed by atoms with Gasteiger partial charge in [0.05, 0.1) is 16.7 Å². The molecule has 1 atom stereocenters. The quantitative estimate of drug-likeness (QED) is 0.253. The molecule has 4 aromatic rings. The number of hydrogen-bond donors (Lipinski definition) is 4. The standard InChI is InChI=1S/C30H32F2N6O4/c1-16-22(32)10-18(31)11-26(16)42-15-20(39)13-34-23-3-6-33-29(40)27(23)28-35-24-9-17-14-38(19-4-7-37(2)8-5-19)30(41)21(17)12-25(24)36-28/h3,6,9-12,19-20,39H,4-5,7-8,13-15H2,1-2H3,(H,35,36)(H2,33,34,40)/t20-/m1/s1. The number of amides is 1. The summed E-state index contributed by atoms with van der Waals surface area (Å²) < 4.78 is 32.8. The van der Waals surface area contributed by atoms with Crippen LogP contribution in [0.3, 0.4) is 0 Å². The zero-order valence-corrected chi connectivity index (χ0v) is 23.3. The molecule has 0 bridgehead atoms. The molecule has 12 heteroatoms. The average molecular weight is 579 g/mol. The van der Waals surface area contributed by atoms with Crippen molar-refractivity contribution in [3.63, 3.8) is 0 Å². The van der Waals surface area contributed by atoms with E-state index in [9.17, 15) is 23.5 Å². The maximum atomic E-state index is 13.8. The number of nitrogens with one attached hydrogen (secondary N) is 3. The van der Waals surface area contributed by atoms with Gasteiger partial charge in [-0.2, -0.15) is 0 Å². The number of carbonyl (C=O) groups is 1. The second-order valence-corrected chi connectivity index (χ2v) is 11.0. The lowest BCUT2D eigenvalue weighted by Crippen LogP contribution is -2.43. The van der Waals surface area contributed by atoms with E-state index in [0.29, 0.717) is 34.7 Å². The monoisotopic (exact) mass is 578 g/mol. The number of rotatable bonds is 8. The second kappa shape index (κ2) is 11.2. The number of likely N-dealkylation sites (tertiary alicyclic amines) is 1. The second-order valence-electron chi connectivity index (χ2n) is 11.0. The number of aromatic nitrogens is 3. The summed E-state index contributed by atoms with van der Waals surface area (Å²) in [7, 11) is 2.09. The van der Waals surface area contributed by atoms with Crippen LogP contribution in [0.1, 0.15) is 34.3 Å². The van der Waals surface area contributed by atoms with Gasteiger partial charge in [-0.1, -0.05) is 0 Å². The summed E-state index contributed by atoms with van der Waals surface area (Å²) >= 11 is 0. The van der Waals surface area contributed by atoms with E-state index in [1.54, 1.807) is 12.1 Å². The van der Waals surface area contributed by atoms with Crippen LogP contribution in [0.4, 0.5) is 14.5 Å². The van der Waals surface area contributed by atoms with Crippen molar-refractivity contribution in [1.82, 2.24) is 24.8 Å². The molecule has 1 fully saturated rings. The number of fused-ring (bicyclic) bond motifs is 2. The van der Waals surface area contributed by atoms with Crippen molar-refractivity contribution in [2.24, 2.45) is 0 Å². The number of nitrogens with zero attached hydrogens (tertiary/aromatic N) is 3. The zero-order valence-electron chi connectivity index (χ0n) is 23.3. The molecule has 4 heterocycles. The number of piperidine rings is 1. The minimum absolute atomic E-state index is 0.00511. The average Bonchev–Trinajstić information content (AvgIpc) is 3.52. The van der Waals surface area contributed by atoms with E-state index >= 15 is 0 Å². The number of pyridine rings is 1. The van der Waals surface area contributed by atoms with Gasteiger partial charge in [-0.3, -0.25) is 9.59 Å². The number of benzene rings is 2. The van der Waals surface area contributed by atoms with Crippen molar-refractivity contribution in [2.75, 3.05) is 38.6 Å². The van der Waals surface area contributed by atoms with E-state index in [1.807, 2.05) is 11.0 Å². The summed E-state index contributed by atoms with van der Waals surface area (Å²) in [4.78, 5) is 40.9. The van der Waals surface area contributed by atoms with Crippen LogP contribution in [0, 0.1) is 18.6 Å². The van der Waals surface area contributed by atoms with Gasteiger partial charge < -0.3 is 34.9 Å². The smallest absolute Gasteiger partial charge is 0.261 e. The molecule has 0 radical (unpaired) electrons. The van der Waals surface area contributed by atoms with Crippen LogP contribution in [0.2, 0.25) is 0 Å². The first-order chi connectivity index (χ1) is 20.2. The van der Waals surface area contributed by atoms with Crippen LogP contribution >= 0.6 is 0 Å². The summed E-state index contributed by atoms with van der Waals surface area (Å²) in [5.74, 6) is -1.18. The predicted octanol–water partition coefficient (Wildman–Crippen LogP) is 3.41. The Bertz CT molecular complexity index is 1710. The molecule has 2 aromatic heterocycles. The van der Waals surface area contributed by atoms with Gasteiger partial charge in [0.2, 0.25) is 0 Å². The highest BCUT2D eigenvalue weighted by Crippen LogP contribution is 2.32. The van der Waals surface area contributed by atoms with Gasteiger partial charge in [0.1, 0.15) is 41.5 Å². The lowest BCUT2D eigenvalue weighted by Gasteiger charge is -2.34. The highest BCUT2D eigenvalue weighted by atomic mass is 19.1. The van der Waals surface area contributed by atoms with Crippen LogP contribution in [0.5, 0.6) is 5.75 Å². The first-order valence-corrected chi connectivity index (χ1v) is 13.9. The molecular formula is C30H32F2N6O4. The Kier molecular flexibility index (Phi) is 7.42. The van der Waals surface area contributed by atoms with Gasteiger partial charge in [-0.05, 0) is 63.7 Å². The number of aliphatic hydroxyl groups excluding tert-OH is 1. The molecule has 1 amide bonds. The van der Waals surface area contributed by atoms with Crippen LogP contribution in [0.25, 0.3) is 22.4 Å². The number of H-pyrrole nitrogens is 2. The van der Waals surface area contributed by atoms with Crippen LogP contribution < -0.4 is 15.6 Å². The number of aliphatic hydroxyl groups is 1. The van der Waals surface area contributed by atoms with Crippen molar-refractivity contribution in [2.45, 2.75) is 38.5 Å². The van der Waals surface area contributed by atoms with Crippen LogP contribution in [-0.2, 0) is 6.54 Å². The summed E-state index contributed by atoms with van der Waals surface area (Å²) in [5.41, 5.74) is 3.25. The Balaban J connectivity index is 1.18. The van der Waals surface area contributed by atoms with Gasteiger partial charge >= 0.3 is 0 Å². The third kappa shape index (κ3) is 5.35. The number of carbonyl (C=O) groups excluding carboxylic acids is 1. The third-order valence-corrected chi connectivity index (χ3v) is 8.09. The minimum atomic E-state index is -1.06. The summed E-state index contributed by atoms with van der Waals surface area (Å²) in [6.07, 6.45) is 2.32. The maximum Gasteiger partial charge on any atom is 0.261 e. The molecule has 0 saturated carbocycles. The van der Waals surface area contributed by atoms with Crippen LogP contribution in [0.15, 0.2) is 41.3 Å². The lowest BCUT2D eigenvalue weighted by atomic mass is 10.0. The number of aromatic amines is 2. The molecule has 42 heavy (non-hydrogen) atoms. The molecule has 1 saturated heterocycles. The van der Waals surface area contributed by atoms with E-state index in [0.717, 1.165) is 43.6 Å². The topological polar surface area (TPSA) is 127 Å². The molecule has 2 aliphatic rings. The minimum Gasteiger partial charge on any atom is -0.490 e. The van der Waals surface area contributed by atoms with E-state index in [1.165, 1.54) is 13.1 Å². The first kappa shape index (κ1) is 27.9. The fourth-order valence-corrected chi connectivity index (χ4v) is 5.67.